The molecule has 6 nitrogen and oxygen atoms in total. The van der Waals surface area contributed by atoms with Gasteiger partial charge < -0.3 is 15.2 Å². The molecule has 0 fully saturated rings. The van der Waals surface area contributed by atoms with Gasteiger partial charge in [0, 0.05) is 12.3 Å². The predicted molar refractivity (Wildman–Crippen MR) is 90.8 cm³/mol. The quantitative estimate of drug-likeness (QED) is 0.732. The average molecular weight is 330 g/mol. The highest BCUT2D eigenvalue weighted by molar-refractivity contribution is 6.33. The van der Waals surface area contributed by atoms with Crippen LogP contribution in [0.25, 0.3) is 0 Å². The van der Waals surface area contributed by atoms with Crippen LogP contribution in [0.3, 0.4) is 0 Å². The fraction of sp³-hybridized carbons (Fsp3) is 0.188. The Bertz CT molecular complexity index is 823. The maximum atomic E-state index is 6.31. The summed E-state index contributed by atoms with van der Waals surface area (Å²) in [4.78, 5) is 8.57. The molecule has 0 aliphatic carbocycles. The van der Waals surface area contributed by atoms with Crippen LogP contribution in [0.2, 0.25) is 5.02 Å². The zero-order valence-electron chi connectivity index (χ0n) is 13.0. The molecule has 2 heterocycles. The Hall–Kier alpha value is -2.60. The smallest absolute Gasteiger partial charge is 0.230 e. The Morgan fingerprint density at radius 1 is 1.04 bits per heavy atom. The van der Waals surface area contributed by atoms with Crippen molar-refractivity contribution in [3.05, 3.63) is 52.4 Å². The minimum absolute atomic E-state index is 0.421. The van der Waals surface area contributed by atoms with Gasteiger partial charge in [0.1, 0.15) is 11.6 Å². The van der Waals surface area contributed by atoms with Gasteiger partial charge in [-0.3, -0.25) is 0 Å². The van der Waals surface area contributed by atoms with E-state index in [4.69, 9.17) is 16.1 Å². The van der Waals surface area contributed by atoms with E-state index in [-0.39, 0.29) is 0 Å². The number of rotatable bonds is 4. The van der Waals surface area contributed by atoms with E-state index < -0.39 is 0 Å². The van der Waals surface area contributed by atoms with Gasteiger partial charge in [-0.15, -0.1) is 0 Å². The molecule has 2 N–H and O–H groups in total. The summed E-state index contributed by atoms with van der Waals surface area (Å²) in [5.41, 5.74) is 3.00. The number of benzene rings is 1. The molecule has 0 saturated carbocycles. The van der Waals surface area contributed by atoms with Crippen molar-refractivity contribution in [2.75, 3.05) is 10.6 Å². The molecule has 0 spiro atoms. The minimum atomic E-state index is 0.421. The van der Waals surface area contributed by atoms with Crippen molar-refractivity contribution in [1.82, 2.24) is 15.1 Å². The Morgan fingerprint density at radius 2 is 1.87 bits per heavy atom. The van der Waals surface area contributed by atoms with E-state index in [1.807, 2.05) is 26.8 Å². The number of halogens is 1. The number of nitrogens with zero attached hydrogens (tertiary/aromatic N) is 3. The van der Waals surface area contributed by atoms with Crippen LogP contribution < -0.4 is 10.6 Å². The normalized spacial score (nSPS) is 10.6. The highest BCUT2D eigenvalue weighted by Gasteiger charge is 2.08. The van der Waals surface area contributed by atoms with Crippen molar-refractivity contribution in [3.8, 4) is 0 Å². The Balaban J connectivity index is 1.83. The van der Waals surface area contributed by atoms with Crippen LogP contribution >= 0.6 is 11.6 Å². The molecule has 0 unspecified atom stereocenters. The summed E-state index contributed by atoms with van der Waals surface area (Å²) in [5.74, 6) is 2.33. The molecule has 118 valence electrons. The summed E-state index contributed by atoms with van der Waals surface area (Å²) < 4.78 is 5.00. The van der Waals surface area contributed by atoms with Crippen molar-refractivity contribution < 1.29 is 4.52 Å². The van der Waals surface area contributed by atoms with E-state index in [2.05, 4.69) is 31.8 Å². The van der Waals surface area contributed by atoms with E-state index in [9.17, 15) is 0 Å². The van der Waals surface area contributed by atoms with Crippen LogP contribution in [0.15, 0.2) is 35.0 Å². The standard InChI is InChI=1S/C16H16ClN5O/c1-9-6-10(2)15(12(17)7-9)19-13-4-5-18-16(20-13)21-14-8-11(3)23-22-14/h4-8H,1-3H3,(H2,18,19,20,21,22). The minimum Gasteiger partial charge on any atom is -0.360 e. The summed E-state index contributed by atoms with van der Waals surface area (Å²) in [7, 11) is 0. The lowest BCUT2D eigenvalue weighted by Gasteiger charge is -2.12. The Kier molecular flexibility index (Phi) is 4.16. The number of aromatic nitrogens is 3. The highest BCUT2D eigenvalue weighted by atomic mass is 35.5. The van der Waals surface area contributed by atoms with E-state index in [1.54, 1.807) is 18.3 Å². The number of hydrogen-bond donors (Lipinski definition) is 2. The van der Waals surface area contributed by atoms with Crippen LogP contribution in [0.4, 0.5) is 23.3 Å². The Morgan fingerprint density at radius 3 is 2.57 bits per heavy atom. The van der Waals surface area contributed by atoms with Crippen LogP contribution in [0.1, 0.15) is 16.9 Å². The summed E-state index contributed by atoms with van der Waals surface area (Å²) in [5, 5.41) is 10.7. The lowest BCUT2D eigenvalue weighted by atomic mass is 10.1. The summed E-state index contributed by atoms with van der Waals surface area (Å²) in [6.45, 7) is 5.83. The second kappa shape index (κ2) is 6.26. The van der Waals surface area contributed by atoms with Gasteiger partial charge in [0.2, 0.25) is 5.95 Å². The molecule has 0 amide bonds. The van der Waals surface area contributed by atoms with Crippen molar-refractivity contribution in [2.45, 2.75) is 20.8 Å². The molecule has 3 aromatic rings. The Labute approximate surface area is 138 Å². The van der Waals surface area contributed by atoms with Crippen molar-refractivity contribution >= 4 is 34.9 Å². The van der Waals surface area contributed by atoms with E-state index >= 15 is 0 Å². The highest BCUT2D eigenvalue weighted by Crippen LogP contribution is 2.29. The maximum absolute atomic E-state index is 6.31. The zero-order chi connectivity index (χ0) is 16.4. The maximum Gasteiger partial charge on any atom is 0.230 e. The predicted octanol–water partition coefficient (Wildman–Crippen LogP) is 4.53. The van der Waals surface area contributed by atoms with Gasteiger partial charge in [-0.2, -0.15) is 4.98 Å². The summed E-state index contributed by atoms with van der Waals surface area (Å²) in [6, 6.07) is 7.52. The van der Waals surface area contributed by atoms with Gasteiger partial charge in [0.05, 0.1) is 10.7 Å². The van der Waals surface area contributed by atoms with Crippen LogP contribution in [-0.2, 0) is 0 Å². The van der Waals surface area contributed by atoms with E-state index in [1.165, 1.54) is 0 Å². The first-order valence-electron chi connectivity index (χ1n) is 7.08. The molecular weight excluding hydrogens is 314 g/mol. The molecule has 0 aliphatic rings. The molecule has 0 radical (unpaired) electrons. The zero-order valence-corrected chi connectivity index (χ0v) is 13.8. The average Bonchev–Trinajstić information content (AvgIpc) is 2.88. The van der Waals surface area contributed by atoms with Crippen molar-refractivity contribution in [3.63, 3.8) is 0 Å². The SMILES string of the molecule is Cc1cc(C)c(Nc2ccnc(Nc3cc(C)on3)n2)c(Cl)c1. The second-order valence-corrected chi connectivity index (χ2v) is 5.68. The first-order valence-corrected chi connectivity index (χ1v) is 7.46. The van der Waals surface area contributed by atoms with Crippen molar-refractivity contribution in [1.29, 1.82) is 0 Å². The van der Waals surface area contributed by atoms with Crippen molar-refractivity contribution in [2.24, 2.45) is 0 Å². The van der Waals surface area contributed by atoms with Gasteiger partial charge in [0.15, 0.2) is 5.82 Å². The third-order valence-corrected chi connectivity index (χ3v) is 3.51. The molecule has 2 aromatic heterocycles. The van der Waals surface area contributed by atoms with Crippen LogP contribution in [0.5, 0.6) is 0 Å². The molecule has 0 bridgehead atoms. The van der Waals surface area contributed by atoms with E-state index in [0.29, 0.717) is 28.4 Å². The third kappa shape index (κ3) is 3.60. The lowest BCUT2D eigenvalue weighted by molar-refractivity contribution is 0.400. The van der Waals surface area contributed by atoms with E-state index in [0.717, 1.165) is 16.8 Å². The molecule has 0 saturated heterocycles. The van der Waals surface area contributed by atoms with Gasteiger partial charge in [-0.25, -0.2) is 4.98 Å². The molecule has 7 heteroatoms. The fourth-order valence-corrected chi connectivity index (χ4v) is 2.60. The molecule has 23 heavy (non-hydrogen) atoms. The topological polar surface area (TPSA) is 75.9 Å². The van der Waals surface area contributed by atoms with Gasteiger partial charge in [0.25, 0.3) is 0 Å². The molecular formula is C16H16ClN5O. The largest absolute Gasteiger partial charge is 0.360 e. The number of nitrogens with one attached hydrogen (secondary N) is 2. The molecule has 3 rings (SSSR count). The van der Waals surface area contributed by atoms with Crippen LogP contribution in [0, 0.1) is 20.8 Å². The monoisotopic (exact) mass is 329 g/mol. The van der Waals surface area contributed by atoms with Gasteiger partial charge >= 0.3 is 0 Å². The first-order chi connectivity index (χ1) is 11.0. The first kappa shape index (κ1) is 15.3. The lowest BCUT2D eigenvalue weighted by Crippen LogP contribution is -2.02. The third-order valence-electron chi connectivity index (χ3n) is 3.21. The number of anilines is 4. The second-order valence-electron chi connectivity index (χ2n) is 5.28. The van der Waals surface area contributed by atoms with Gasteiger partial charge in [-0.05, 0) is 44.0 Å². The fourth-order valence-electron chi connectivity index (χ4n) is 2.23. The molecule has 0 aliphatic heterocycles. The van der Waals surface area contributed by atoms with Gasteiger partial charge in [-0.1, -0.05) is 22.8 Å². The summed E-state index contributed by atoms with van der Waals surface area (Å²) in [6.07, 6.45) is 1.65. The van der Waals surface area contributed by atoms with Crippen LogP contribution in [-0.4, -0.2) is 15.1 Å². The number of hydrogen-bond acceptors (Lipinski definition) is 6. The molecule has 0 atom stereocenters. The summed E-state index contributed by atoms with van der Waals surface area (Å²) >= 11 is 6.31. The molecule has 1 aromatic carbocycles. The number of aryl methyl sites for hydroxylation is 3.